The molecule has 1 rings (SSSR count). The van der Waals surface area contributed by atoms with Crippen molar-refractivity contribution in [2.75, 3.05) is 32.6 Å². The number of nitrogens with one attached hydrogen (secondary N) is 2. The second-order valence-corrected chi connectivity index (χ2v) is 3.37. The molecule has 1 unspecified atom stereocenters. The zero-order valence-electron chi connectivity index (χ0n) is 9.80. The highest BCUT2D eigenvalue weighted by atomic mass is 16.5. The monoisotopic (exact) mass is 240 g/mol. The minimum absolute atomic E-state index is 0.246. The molecule has 17 heavy (non-hydrogen) atoms. The van der Waals surface area contributed by atoms with Crippen LogP contribution in [-0.2, 0) is 4.74 Å². The van der Waals surface area contributed by atoms with Crippen LogP contribution < -0.4 is 10.6 Å². The molecule has 0 spiro atoms. The lowest BCUT2D eigenvalue weighted by atomic mass is 10.3. The summed E-state index contributed by atoms with van der Waals surface area (Å²) in [5.74, 6) is 0.205. The number of hydrogen-bond acceptors (Lipinski definition) is 6. The summed E-state index contributed by atoms with van der Waals surface area (Å²) in [7, 11) is 3.04. The number of aromatic nitrogens is 2. The molecule has 0 radical (unpaired) electrons. The van der Waals surface area contributed by atoms with E-state index in [0.717, 1.165) is 0 Å². The van der Waals surface area contributed by atoms with Gasteiger partial charge in [-0.15, -0.1) is 10.2 Å². The van der Waals surface area contributed by atoms with Gasteiger partial charge in [0.15, 0.2) is 5.69 Å². The summed E-state index contributed by atoms with van der Waals surface area (Å²) in [6.07, 6.45) is -0.611. The van der Waals surface area contributed by atoms with Crippen molar-refractivity contribution in [3.8, 4) is 0 Å². The van der Waals surface area contributed by atoms with Gasteiger partial charge < -0.3 is 20.5 Å². The van der Waals surface area contributed by atoms with Gasteiger partial charge in [-0.05, 0) is 12.1 Å². The van der Waals surface area contributed by atoms with Crippen molar-refractivity contribution >= 4 is 11.7 Å². The normalized spacial score (nSPS) is 11.9. The number of aliphatic hydroxyl groups is 1. The number of aliphatic hydroxyl groups excluding tert-OH is 1. The zero-order valence-corrected chi connectivity index (χ0v) is 9.80. The molecule has 1 aromatic rings. The molecule has 0 saturated heterocycles. The van der Waals surface area contributed by atoms with Crippen LogP contribution >= 0.6 is 0 Å². The molecule has 0 aromatic carbocycles. The summed E-state index contributed by atoms with van der Waals surface area (Å²) >= 11 is 0. The van der Waals surface area contributed by atoms with E-state index in [0.29, 0.717) is 12.4 Å². The average Bonchev–Trinajstić information content (AvgIpc) is 2.36. The maximum atomic E-state index is 11.2. The van der Waals surface area contributed by atoms with Crippen molar-refractivity contribution in [2.24, 2.45) is 0 Å². The molecule has 0 saturated carbocycles. The SMILES string of the molecule is CNC(=O)c1ccc(NCC(O)COC)nn1. The largest absolute Gasteiger partial charge is 0.389 e. The Bertz CT molecular complexity index is 355. The Morgan fingerprint density at radius 3 is 2.82 bits per heavy atom. The van der Waals surface area contributed by atoms with Crippen molar-refractivity contribution in [2.45, 2.75) is 6.10 Å². The number of hydrogen-bond donors (Lipinski definition) is 3. The summed E-state index contributed by atoms with van der Waals surface area (Å²) in [6, 6.07) is 3.17. The van der Waals surface area contributed by atoms with Crippen molar-refractivity contribution in [3.63, 3.8) is 0 Å². The van der Waals surface area contributed by atoms with E-state index in [-0.39, 0.29) is 18.2 Å². The van der Waals surface area contributed by atoms with Crippen LogP contribution in [0.3, 0.4) is 0 Å². The van der Waals surface area contributed by atoms with E-state index < -0.39 is 6.10 Å². The predicted octanol–water partition coefficient (Wildman–Crippen LogP) is -0.745. The fourth-order valence-electron chi connectivity index (χ4n) is 1.15. The zero-order chi connectivity index (χ0) is 12.7. The van der Waals surface area contributed by atoms with E-state index in [1.54, 1.807) is 12.1 Å². The Morgan fingerprint density at radius 1 is 1.53 bits per heavy atom. The summed E-state index contributed by atoms with van der Waals surface area (Å²) in [5.41, 5.74) is 0.246. The van der Waals surface area contributed by atoms with Crippen LogP contribution in [0.25, 0.3) is 0 Å². The molecule has 0 fully saturated rings. The fraction of sp³-hybridized carbons (Fsp3) is 0.500. The molecule has 0 aliphatic carbocycles. The summed E-state index contributed by atoms with van der Waals surface area (Å²) in [6.45, 7) is 0.554. The fourth-order valence-corrected chi connectivity index (χ4v) is 1.15. The number of nitrogens with zero attached hydrogens (tertiary/aromatic N) is 2. The van der Waals surface area contributed by atoms with Gasteiger partial charge in [0.05, 0.1) is 12.7 Å². The van der Waals surface area contributed by atoms with Crippen LogP contribution in [0.1, 0.15) is 10.5 Å². The number of carbonyl (C=O) groups is 1. The van der Waals surface area contributed by atoms with Crippen molar-refractivity contribution in [3.05, 3.63) is 17.8 Å². The van der Waals surface area contributed by atoms with Gasteiger partial charge in [0.2, 0.25) is 0 Å². The Kier molecular flexibility index (Phi) is 5.31. The van der Waals surface area contributed by atoms with Gasteiger partial charge >= 0.3 is 0 Å². The molecule has 0 aliphatic rings. The molecule has 7 nitrogen and oxygen atoms in total. The maximum absolute atomic E-state index is 11.2. The van der Waals surface area contributed by atoms with E-state index >= 15 is 0 Å². The Labute approximate surface area is 99.2 Å². The van der Waals surface area contributed by atoms with Gasteiger partial charge in [0.1, 0.15) is 5.82 Å². The number of carbonyl (C=O) groups excluding carboxylic acids is 1. The molecule has 1 aromatic heterocycles. The number of rotatable bonds is 6. The molecule has 1 atom stereocenters. The van der Waals surface area contributed by atoms with Crippen LogP contribution in [0.5, 0.6) is 0 Å². The quantitative estimate of drug-likeness (QED) is 0.606. The lowest BCUT2D eigenvalue weighted by Crippen LogP contribution is -2.25. The van der Waals surface area contributed by atoms with E-state index in [1.165, 1.54) is 14.2 Å². The minimum atomic E-state index is -0.611. The molecule has 3 N–H and O–H groups in total. The highest BCUT2D eigenvalue weighted by Gasteiger charge is 2.06. The molecular formula is C10H16N4O3. The molecule has 1 heterocycles. The highest BCUT2D eigenvalue weighted by Crippen LogP contribution is 2.02. The lowest BCUT2D eigenvalue weighted by Gasteiger charge is -2.10. The molecule has 0 aliphatic heterocycles. The van der Waals surface area contributed by atoms with Crippen LogP contribution in [-0.4, -0.2) is 54.6 Å². The van der Waals surface area contributed by atoms with Crippen molar-refractivity contribution in [1.82, 2.24) is 15.5 Å². The Morgan fingerprint density at radius 2 is 2.29 bits per heavy atom. The van der Waals surface area contributed by atoms with Crippen molar-refractivity contribution < 1.29 is 14.6 Å². The molecule has 0 bridgehead atoms. The third kappa shape index (κ3) is 4.33. The van der Waals surface area contributed by atoms with Crippen LogP contribution in [0, 0.1) is 0 Å². The first-order valence-electron chi connectivity index (χ1n) is 5.14. The summed E-state index contributed by atoms with van der Waals surface area (Å²) in [4.78, 5) is 11.2. The number of anilines is 1. The van der Waals surface area contributed by atoms with Gasteiger partial charge in [-0.2, -0.15) is 0 Å². The molecule has 7 heteroatoms. The Hall–Kier alpha value is -1.73. The second-order valence-electron chi connectivity index (χ2n) is 3.37. The summed E-state index contributed by atoms with van der Waals surface area (Å²) in [5, 5.41) is 22.3. The smallest absolute Gasteiger partial charge is 0.271 e. The minimum Gasteiger partial charge on any atom is -0.389 e. The summed E-state index contributed by atoms with van der Waals surface area (Å²) < 4.78 is 4.78. The second kappa shape index (κ2) is 6.77. The van der Waals surface area contributed by atoms with E-state index in [9.17, 15) is 9.90 Å². The molecular weight excluding hydrogens is 224 g/mol. The van der Waals surface area contributed by atoms with Gasteiger partial charge in [0.25, 0.3) is 5.91 Å². The molecule has 94 valence electrons. The number of ether oxygens (including phenoxy) is 1. The van der Waals surface area contributed by atoms with Crippen molar-refractivity contribution in [1.29, 1.82) is 0 Å². The first-order chi connectivity index (χ1) is 8.17. The van der Waals surface area contributed by atoms with Gasteiger partial charge in [-0.3, -0.25) is 4.79 Å². The average molecular weight is 240 g/mol. The predicted molar refractivity (Wildman–Crippen MR) is 61.8 cm³/mol. The van der Waals surface area contributed by atoms with Crippen LogP contribution in [0.4, 0.5) is 5.82 Å². The topological polar surface area (TPSA) is 96.4 Å². The molecule has 1 amide bonds. The first kappa shape index (κ1) is 13.3. The number of amides is 1. The lowest BCUT2D eigenvalue weighted by molar-refractivity contribution is 0.0727. The third-order valence-electron chi connectivity index (χ3n) is 2.00. The van der Waals surface area contributed by atoms with Gasteiger partial charge in [-0.1, -0.05) is 0 Å². The standard InChI is InChI=1S/C10H16N4O3/c1-11-10(16)8-3-4-9(14-13-8)12-5-7(15)6-17-2/h3-4,7,15H,5-6H2,1-2H3,(H,11,16)(H,12,14). The van der Waals surface area contributed by atoms with Crippen LogP contribution in [0.2, 0.25) is 0 Å². The van der Waals surface area contributed by atoms with Crippen LogP contribution in [0.15, 0.2) is 12.1 Å². The third-order valence-corrected chi connectivity index (χ3v) is 2.00. The van der Waals surface area contributed by atoms with E-state index in [2.05, 4.69) is 20.8 Å². The highest BCUT2D eigenvalue weighted by molar-refractivity contribution is 5.91. The first-order valence-corrected chi connectivity index (χ1v) is 5.14. The van der Waals surface area contributed by atoms with E-state index in [4.69, 9.17) is 4.74 Å². The van der Waals surface area contributed by atoms with Gasteiger partial charge in [0, 0.05) is 20.7 Å². The Balaban J connectivity index is 2.48. The maximum Gasteiger partial charge on any atom is 0.271 e. The van der Waals surface area contributed by atoms with E-state index in [1.807, 2.05) is 0 Å². The van der Waals surface area contributed by atoms with Gasteiger partial charge in [-0.25, -0.2) is 0 Å². The number of methoxy groups -OCH3 is 1.